The molecule has 112 valence electrons. The lowest BCUT2D eigenvalue weighted by Crippen LogP contribution is -2.47. The molecule has 2 rings (SSSR count). The number of aliphatic hydroxyl groups is 2. The first kappa shape index (κ1) is 15.2. The molecule has 0 bridgehead atoms. The second-order valence-corrected chi connectivity index (χ2v) is 5.23. The van der Waals surface area contributed by atoms with Gasteiger partial charge < -0.3 is 10.2 Å². The third-order valence-electron chi connectivity index (χ3n) is 3.85. The molecule has 1 heterocycles. The number of nitrogens with zero attached hydrogens (tertiary/aromatic N) is 3. The largest absolute Gasteiger partial charge is 0.511 e. The Hall–Kier alpha value is -1.24. The number of β-amino-alcohol motifs (C(OH)–C–C–N with tert-alkyl or cyclic N) is 1. The molecule has 0 radical (unpaired) electrons. The van der Waals surface area contributed by atoms with Gasteiger partial charge in [-0.1, -0.05) is 0 Å². The van der Waals surface area contributed by atoms with Crippen LogP contribution in [0, 0.1) is 0 Å². The van der Waals surface area contributed by atoms with Crippen molar-refractivity contribution in [2.75, 3.05) is 52.4 Å². The SMILES string of the molecule is O=C1CCC(O)=C1C=NCCN1CCN(CCO)CC1. The van der Waals surface area contributed by atoms with Gasteiger partial charge >= 0.3 is 0 Å². The van der Waals surface area contributed by atoms with Gasteiger partial charge in [-0.2, -0.15) is 0 Å². The van der Waals surface area contributed by atoms with Crippen LogP contribution in [0.2, 0.25) is 0 Å². The maximum absolute atomic E-state index is 11.4. The lowest BCUT2D eigenvalue weighted by molar-refractivity contribution is -0.114. The number of aliphatic hydroxyl groups excluding tert-OH is 2. The number of rotatable bonds is 6. The van der Waals surface area contributed by atoms with Crippen LogP contribution in [0.25, 0.3) is 0 Å². The van der Waals surface area contributed by atoms with E-state index in [9.17, 15) is 9.90 Å². The predicted octanol–water partition coefficient (Wildman–Crippen LogP) is -0.158. The molecule has 2 aliphatic rings. The van der Waals surface area contributed by atoms with E-state index in [1.165, 1.54) is 6.21 Å². The Labute approximate surface area is 119 Å². The summed E-state index contributed by atoms with van der Waals surface area (Å²) in [6.45, 7) is 6.42. The molecule has 0 atom stereocenters. The van der Waals surface area contributed by atoms with Gasteiger partial charge in [-0.15, -0.1) is 0 Å². The molecule has 0 aromatic carbocycles. The average Bonchev–Trinajstić information content (AvgIpc) is 2.77. The van der Waals surface area contributed by atoms with Gasteiger partial charge in [-0.25, -0.2) is 0 Å². The maximum Gasteiger partial charge on any atom is 0.168 e. The van der Waals surface area contributed by atoms with E-state index in [-0.39, 0.29) is 18.1 Å². The Morgan fingerprint density at radius 1 is 1.10 bits per heavy atom. The molecule has 0 saturated carbocycles. The molecule has 6 nitrogen and oxygen atoms in total. The molecular formula is C14H23N3O3. The molecule has 1 aliphatic carbocycles. The van der Waals surface area contributed by atoms with Gasteiger partial charge in [0.1, 0.15) is 5.76 Å². The average molecular weight is 281 g/mol. The van der Waals surface area contributed by atoms with Crippen LogP contribution in [0.1, 0.15) is 12.8 Å². The van der Waals surface area contributed by atoms with Crippen molar-refractivity contribution in [1.82, 2.24) is 9.80 Å². The van der Waals surface area contributed by atoms with Crippen LogP contribution < -0.4 is 0 Å². The molecule has 6 heteroatoms. The number of aliphatic imine (C=N–C) groups is 1. The Bertz CT molecular complexity index is 398. The topological polar surface area (TPSA) is 76.4 Å². The fraction of sp³-hybridized carbons (Fsp3) is 0.714. The second kappa shape index (κ2) is 7.52. The monoisotopic (exact) mass is 281 g/mol. The highest BCUT2D eigenvalue weighted by Gasteiger charge is 2.20. The summed E-state index contributed by atoms with van der Waals surface area (Å²) in [5.41, 5.74) is 0.387. The van der Waals surface area contributed by atoms with Crippen LogP contribution in [0.5, 0.6) is 0 Å². The van der Waals surface area contributed by atoms with E-state index >= 15 is 0 Å². The fourth-order valence-electron chi connectivity index (χ4n) is 2.54. The molecule has 0 spiro atoms. The highest BCUT2D eigenvalue weighted by molar-refractivity contribution is 6.15. The molecule has 1 saturated heterocycles. The molecule has 0 amide bonds. The molecule has 20 heavy (non-hydrogen) atoms. The van der Waals surface area contributed by atoms with Gasteiger partial charge in [-0.05, 0) is 0 Å². The summed E-state index contributed by atoms with van der Waals surface area (Å²) >= 11 is 0. The van der Waals surface area contributed by atoms with Crippen LogP contribution in [0.4, 0.5) is 0 Å². The lowest BCUT2D eigenvalue weighted by atomic mass is 10.2. The summed E-state index contributed by atoms with van der Waals surface area (Å²) < 4.78 is 0. The van der Waals surface area contributed by atoms with E-state index in [0.29, 0.717) is 25.0 Å². The van der Waals surface area contributed by atoms with Crippen molar-refractivity contribution in [2.24, 2.45) is 4.99 Å². The third-order valence-corrected chi connectivity index (χ3v) is 3.85. The summed E-state index contributed by atoms with van der Waals surface area (Å²) in [6, 6.07) is 0. The summed E-state index contributed by atoms with van der Waals surface area (Å²) in [5.74, 6) is 0.167. The normalized spacial score (nSPS) is 22.4. The Morgan fingerprint density at radius 2 is 1.75 bits per heavy atom. The molecule has 1 aliphatic heterocycles. The maximum atomic E-state index is 11.4. The Morgan fingerprint density at radius 3 is 2.30 bits per heavy atom. The van der Waals surface area contributed by atoms with Crippen LogP contribution in [-0.4, -0.2) is 84.4 Å². The molecule has 1 fully saturated rings. The van der Waals surface area contributed by atoms with Gasteiger partial charge in [0.05, 0.1) is 18.7 Å². The van der Waals surface area contributed by atoms with Crippen molar-refractivity contribution in [3.8, 4) is 0 Å². The highest BCUT2D eigenvalue weighted by Crippen LogP contribution is 2.18. The van der Waals surface area contributed by atoms with E-state index in [1.807, 2.05) is 0 Å². The van der Waals surface area contributed by atoms with Crippen molar-refractivity contribution in [2.45, 2.75) is 12.8 Å². The van der Waals surface area contributed by atoms with Gasteiger partial charge in [0, 0.05) is 58.3 Å². The first-order valence-corrected chi connectivity index (χ1v) is 7.21. The fourth-order valence-corrected chi connectivity index (χ4v) is 2.54. The van der Waals surface area contributed by atoms with E-state index in [2.05, 4.69) is 14.8 Å². The van der Waals surface area contributed by atoms with Gasteiger partial charge in [0.2, 0.25) is 0 Å². The number of allylic oxidation sites excluding steroid dienone is 2. The van der Waals surface area contributed by atoms with E-state index in [4.69, 9.17) is 5.11 Å². The molecular weight excluding hydrogens is 258 g/mol. The molecule has 2 N–H and O–H groups in total. The van der Waals surface area contributed by atoms with Crippen LogP contribution in [-0.2, 0) is 4.79 Å². The smallest absolute Gasteiger partial charge is 0.168 e. The number of carbonyl (C=O) groups excluding carboxylic acids is 1. The minimum atomic E-state index is -0.0103. The minimum absolute atomic E-state index is 0.0103. The zero-order valence-electron chi connectivity index (χ0n) is 11.8. The van der Waals surface area contributed by atoms with Crippen LogP contribution in [0.3, 0.4) is 0 Å². The van der Waals surface area contributed by atoms with Crippen LogP contribution >= 0.6 is 0 Å². The van der Waals surface area contributed by atoms with E-state index in [0.717, 1.165) is 39.3 Å². The first-order chi connectivity index (χ1) is 9.70. The summed E-state index contributed by atoms with van der Waals surface area (Å²) in [6.07, 6.45) is 2.37. The summed E-state index contributed by atoms with van der Waals surface area (Å²) in [5, 5.41) is 18.4. The molecule has 0 unspecified atom stereocenters. The van der Waals surface area contributed by atoms with Crippen molar-refractivity contribution >= 4 is 12.0 Å². The lowest BCUT2D eigenvalue weighted by Gasteiger charge is -2.33. The number of carbonyl (C=O) groups is 1. The second-order valence-electron chi connectivity index (χ2n) is 5.23. The number of piperazine rings is 1. The van der Waals surface area contributed by atoms with Crippen molar-refractivity contribution in [3.05, 3.63) is 11.3 Å². The van der Waals surface area contributed by atoms with E-state index in [1.54, 1.807) is 0 Å². The summed E-state index contributed by atoms with van der Waals surface area (Å²) in [7, 11) is 0. The Balaban J connectivity index is 1.67. The van der Waals surface area contributed by atoms with Crippen LogP contribution in [0.15, 0.2) is 16.3 Å². The van der Waals surface area contributed by atoms with Crippen molar-refractivity contribution in [3.63, 3.8) is 0 Å². The van der Waals surface area contributed by atoms with Gasteiger partial charge in [0.15, 0.2) is 5.78 Å². The number of hydrogen-bond donors (Lipinski definition) is 2. The standard InChI is InChI=1S/C14H23N3O3/c18-10-9-17-7-5-16(6-8-17)4-3-15-11-12-13(19)1-2-14(12)20/h11,18-19H,1-10H2. The number of Topliss-reactive ketones (excluding diaryl/α,β-unsaturated/α-hetero) is 1. The van der Waals surface area contributed by atoms with Gasteiger partial charge in [0.25, 0.3) is 0 Å². The number of hydrogen-bond acceptors (Lipinski definition) is 6. The third kappa shape index (κ3) is 4.13. The molecule has 0 aromatic rings. The summed E-state index contributed by atoms with van der Waals surface area (Å²) in [4.78, 5) is 20.3. The quantitative estimate of drug-likeness (QED) is 0.662. The molecule has 0 aromatic heterocycles. The highest BCUT2D eigenvalue weighted by atomic mass is 16.3. The van der Waals surface area contributed by atoms with E-state index < -0.39 is 0 Å². The van der Waals surface area contributed by atoms with Crippen molar-refractivity contribution in [1.29, 1.82) is 0 Å². The zero-order valence-corrected chi connectivity index (χ0v) is 11.8. The Kier molecular flexibility index (Phi) is 5.70. The van der Waals surface area contributed by atoms with Crippen molar-refractivity contribution < 1.29 is 15.0 Å². The van der Waals surface area contributed by atoms with Gasteiger partial charge in [-0.3, -0.25) is 19.6 Å². The first-order valence-electron chi connectivity index (χ1n) is 7.21. The predicted molar refractivity (Wildman–Crippen MR) is 77.2 cm³/mol. The zero-order chi connectivity index (χ0) is 14.4. The minimum Gasteiger partial charge on any atom is -0.511 e. The number of ketones is 1.